The Labute approximate surface area is 227 Å². The van der Waals surface area contributed by atoms with Gasteiger partial charge >= 0.3 is 0 Å². The Morgan fingerprint density at radius 1 is 1.08 bits per heavy atom. The maximum Gasteiger partial charge on any atom is 0.253 e. The average molecular weight is 530 g/mol. The number of nitrogens with one attached hydrogen (secondary N) is 1. The van der Waals surface area contributed by atoms with Crippen molar-refractivity contribution < 1.29 is 9.47 Å². The number of anilines is 1. The standard InChI is InChI=1S/C29H35N7O3/c1-19-6-7-20(2)26-24(19)17-25(29(37)30-26)27(28-31-32-33-36(28)18-23-5-4-16-39-23)35-14-12-34(13-15-35)21-8-10-22(38-3)11-9-21/h6-11,17,23,27H,4-5,12-16,18H2,1-3H3,(H,30,37)/t23-,27-/m1/s1. The van der Waals surface area contributed by atoms with Crippen LogP contribution in [0.4, 0.5) is 5.69 Å². The number of aromatic nitrogens is 5. The van der Waals surface area contributed by atoms with Crippen molar-refractivity contribution in [2.45, 2.75) is 45.4 Å². The Bertz CT molecular complexity index is 1500. The van der Waals surface area contributed by atoms with Crippen LogP contribution >= 0.6 is 0 Å². The van der Waals surface area contributed by atoms with E-state index >= 15 is 0 Å². The minimum absolute atomic E-state index is 0.0830. The van der Waals surface area contributed by atoms with Crippen molar-refractivity contribution in [3.8, 4) is 5.75 Å². The van der Waals surface area contributed by atoms with Crippen LogP contribution in [-0.4, -0.2) is 76.1 Å². The lowest BCUT2D eigenvalue weighted by Gasteiger charge is -2.39. The molecule has 0 amide bonds. The van der Waals surface area contributed by atoms with Crippen LogP contribution in [-0.2, 0) is 11.3 Å². The highest BCUT2D eigenvalue weighted by Crippen LogP contribution is 2.31. The highest BCUT2D eigenvalue weighted by molar-refractivity contribution is 5.85. The van der Waals surface area contributed by atoms with Crippen molar-refractivity contribution in [3.05, 3.63) is 75.3 Å². The summed E-state index contributed by atoms with van der Waals surface area (Å²) in [7, 11) is 1.68. The van der Waals surface area contributed by atoms with E-state index in [1.807, 2.05) is 35.9 Å². The highest BCUT2D eigenvalue weighted by atomic mass is 16.5. The molecule has 0 aliphatic carbocycles. The molecule has 0 unspecified atom stereocenters. The van der Waals surface area contributed by atoms with Crippen LogP contribution in [0.5, 0.6) is 5.75 Å². The van der Waals surface area contributed by atoms with Crippen molar-refractivity contribution >= 4 is 16.6 Å². The minimum atomic E-state index is -0.382. The first-order valence-corrected chi connectivity index (χ1v) is 13.7. The number of fused-ring (bicyclic) bond motifs is 1. The molecule has 2 aliphatic heterocycles. The number of piperazine rings is 1. The minimum Gasteiger partial charge on any atom is -0.497 e. The molecule has 39 heavy (non-hydrogen) atoms. The van der Waals surface area contributed by atoms with E-state index in [4.69, 9.17) is 9.47 Å². The molecule has 2 fully saturated rings. The van der Waals surface area contributed by atoms with Crippen molar-refractivity contribution in [1.29, 1.82) is 0 Å². The fourth-order valence-electron chi connectivity index (χ4n) is 5.84. The molecule has 2 atom stereocenters. The van der Waals surface area contributed by atoms with E-state index in [1.54, 1.807) is 7.11 Å². The van der Waals surface area contributed by atoms with Gasteiger partial charge in [-0.1, -0.05) is 12.1 Å². The summed E-state index contributed by atoms with van der Waals surface area (Å²) in [5.74, 6) is 1.52. The maximum atomic E-state index is 13.7. The summed E-state index contributed by atoms with van der Waals surface area (Å²) in [6.45, 7) is 8.60. The Hall–Kier alpha value is -3.76. The summed E-state index contributed by atoms with van der Waals surface area (Å²) in [5.41, 5.74) is 4.76. The molecular weight excluding hydrogens is 494 g/mol. The molecule has 2 aliphatic rings. The average Bonchev–Trinajstić information content (AvgIpc) is 3.65. The van der Waals surface area contributed by atoms with Crippen LogP contribution in [0.3, 0.4) is 0 Å². The van der Waals surface area contributed by atoms with Crippen LogP contribution in [0.15, 0.2) is 47.3 Å². The van der Waals surface area contributed by atoms with Gasteiger partial charge in [0.25, 0.3) is 5.56 Å². The molecule has 10 nitrogen and oxygen atoms in total. The first-order chi connectivity index (χ1) is 19.0. The summed E-state index contributed by atoms with van der Waals surface area (Å²) >= 11 is 0. The summed E-state index contributed by atoms with van der Waals surface area (Å²) in [6, 6.07) is 14.0. The fraction of sp³-hybridized carbons (Fsp3) is 0.448. The van der Waals surface area contributed by atoms with E-state index in [1.165, 1.54) is 0 Å². The number of H-pyrrole nitrogens is 1. The second-order valence-corrected chi connectivity index (χ2v) is 10.5. The van der Waals surface area contributed by atoms with Crippen molar-refractivity contribution in [1.82, 2.24) is 30.1 Å². The number of aryl methyl sites for hydroxylation is 2. The normalized spacial score (nSPS) is 19.1. The first kappa shape index (κ1) is 25.5. The molecule has 2 saturated heterocycles. The molecule has 0 bridgehead atoms. The quantitative estimate of drug-likeness (QED) is 0.390. The summed E-state index contributed by atoms with van der Waals surface area (Å²) < 4.78 is 13.0. The van der Waals surface area contributed by atoms with Crippen molar-refractivity contribution in [3.63, 3.8) is 0 Å². The SMILES string of the molecule is COc1ccc(N2CCN([C@H](c3cc4c(C)ccc(C)c4[nH]c3=O)c3nnnn3C[C@H]3CCCO3)CC2)cc1. The van der Waals surface area contributed by atoms with Crippen LogP contribution in [0.1, 0.15) is 41.4 Å². The lowest BCUT2D eigenvalue weighted by Crippen LogP contribution is -2.49. The monoisotopic (exact) mass is 529 g/mol. The molecule has 0 spiro atoms. The third-order valence-corrected chi connectivity index (χ3v) is 8.09. The number of rotatable bonds is 7. The Kier molecular flexibility index (Phi) is 7.05. The molecule has 2 aromatic carbocycles. The fourth-order valence-corrected chi connectivity index (χ4v) is 5.84. The first-order valence-electron chi connectivity index (χ1n) is 13.7. The number of nitrogens with zero attached hydrogens (tertiary/aromatic N) is 6. The molecule has 6 rings (SSSR count). The van der Waals surface area contributed by atoms with E-state index < -0.39 is 0 Å². The van der Waals surface area contributed by atoms with Crippen LogP contribution in [0.2, 0.25) is 0 Å². The van der Waals surface area contributed by atoms with E-state index in [9.17, 15) is 4.79 Å². The van der Waals surface area contributed by atoms with Gasteiger partial charge in [0.1, 0.15) is 11.8 Å². The summed E-state index contributed by atoms with van der Waals surface area (Å²) in [6.07, 6.45) is 2.11. The largest absolute Gasteiger partial charge is 0.497 e. The second kappa shape index (κ2) is 10.8. The van der Waals surface area contributed by atoms with Crippen LogP contribution in [0.25, 0.3) is 10.9 Å². The molecule has 204 valence electrons. The number of benzene rings is 2. The predicted molar refractivity (Wildman–Crippen MR) is 149 cm³/mol. The molecule has 0 radical (unpaired) electrons. The number of hydrogen-bond donors (Lipinski definition) is 1. The third kappa shape index (κ3) is 5.02. The predicted octanol–water partition coefficient (Wildman–Crippen LogP) is 3.23. The van der Waals surface area contributed by atoms with E-state index in [2.05, 4.69) is 55.4 Å². The molecule has 4 heterocycles. The van der Waals surface area contributed by atoms with Gasteiger partial charge in [0, 0.05) is 49.4 Å². The number of ether oxygens (including phenoxy) is 2. The van der Waals surface area contributed by atoms with E-state index in [-0.39, 0.29) is 17.7 Å². The zero-order chi connectivity index (χ0) is 26.9. The van der Waals surface area contributed by atoms with Gasteiger partial charge < -0.3 is 19.4 Å². The molecule has 2 aromatic heterocycles. The number of methoxy groups -OCH3 is 1. The van der Waals surface area contributed by atoms with Crippen molar-refractivity contribution in [2.24, 2.45) is 0 Å². The molecule has 4 aromatic rings. The highest BCUT2D eigenvalue weighted by Gasteiger charge is 2.33. The molecule has 10 heteroatoms. The number of hydrogen-bond acceptors (Lipinski definition) is 8. The van der Waals surface area contributed by atoms with Gasteiger partial charge in [-0.15, -0.1) is 5.10 Å². The van der Waals surface area contributed by atoms with Gasteiger partial charge in [-0.3, -0.25) is 9.69 Å². The zero-order valence-electron chi connectivity index (χ0n) is 22.8. The van der Waals surface area contributed by atoms with E-state index in [0.717, 1.165) is 79.1 Å². The Morgan fingerprint density at radius 3 is 2.56 bits per heavy atom. The topological polar surface area (TPSA) is 101 Å². The molecule has 1 N–H and O–H groups in total. The molecule has 0 saturated carbocycles. The lowest BCUT2D eigenvalue weighted by molar-refractivity contribution is 0.0906. The number of pyridine rings is 1. The van der Waals surface area contributed by atoms with E-state index in [0.29, 0.717) is 17.9 Å². The zero-order valence-corrected chi connectivity index (χ0v) is 22.8. The maximum absolute atomic E-state index is 13.7. The van der Waals surface area contributed by atoms with Gasteiger partial charge in [-0.05, 0) is 78.6 Å². The molecular formula is C29H35N7O3. The number of tetrazole rings is 1. The van der Waals surface area contributed by atoms with Gasteiger partial charge in [0.2, 0.25) is 0 Å². The van der Waals surface area contributed by atoms with Gasteiger partial charge in [-0.2, -0.15) is 0 Å². The van der Waals surface area contributed by atoms with Gasteiger partial charge in [-0.25, -0.2) is 4.68 Å². The van der Waals surface area contributed by atoms with Gasteiger partial charge in [0.05, 0.1) is 25.3 Å². The Balaban J connectivity index is 1.36. The van der Waals surface area contributed by atoms with Crippen LogP contribution < -0.4 is 15.2 Å². The van der Waals surface area contributed by atoms with Crippen molar-refractivity contribution in [2.75, 3.05) is 44.8 Å². The van der Waals surface area contributed by atoms with Gasteiger partial charge in [0.15, 0.2) is 5.82 Å². The lowest BCUT2D eigenvalue weighted by atomic mass is 9.99. The third-order valence-electron chi connectivity index (χ3n) is 8.09. The van der Waals surface area contributed by atoms with Crippen LogP contribution in [0, 0.1) is 13.8 Å². The smallest absolute Gasteiger partial charge is 0.253 e. The summed E-state index contributed by atoms with van der Waals surface area (Å²) in [4.78, 5) is 21.5. The Morgan fingerprint density at radius 2 is 1.85 bits per heavy atom. The summed E-state index contributed by atoms with van der Waals surface area (Å²) in [5, 5.41) is 13.9. The number of aromatic amines is 1. The second-order valence-electron chi connectivity index (χ2n) is 10.5.